The molecule has 5 aromatic carbocycles. The minimum absolute atomic E-state index is 0.000126. The summed E-state index contributed by atoms with van der Waals surface area (Å²) in [5.74, 6) is -2.40. The third-order valence-corrected chi connectivity index (χ3v) is 16.6. The number of unbranched alkanes of at least 4 members (excludes halogenated alkanes) is 1. The van der Waals surface area contributed by atoms with Gasteiger partial charge in [-0.15, -0.1) is 0 Å². The fraction of sp³-hybridized carbons (Fsp3) is 0.255. The molecule has 0 unspecified atom stereocenters. The number of ether oxygens (including phenoxy) is 3. The number of hydrogen-bond donors (Lipinski definition) is 1. The van der Waals surface area contributed by atoms with Crippen molar-refractivity contribution in [3.63, 3.8) is 0 Å². The van der Waals surface area contributed by atoms with E-state index >= 15 is 0 Å². The molecule has 0 spiro atoms. The number of imide groups is 2. The predicted molar refractivity (Wildman–Crippen MR) is 294 cm³/mol. The second-order valence-corrected chi connectivity index (χ2v) is 23.0. The first kappa shape index (κ1) is 55.4. The van der Waals surface area contributed by atoms with Crippen LogP contribution in [-0.2, 0) is 50.6 Å². The maximum Gasteiger partial charge on any atom is 0.334 e. The molecule has 1 aromatic heterocycles. The van der Waals surface area contributed by atoms with Crippen LogP contribution in [0.1, 0.15) is 38.1 Å². The molecule has 1 saturated heterocycles. The highest BCUT2D eigenvalue weighted by Gasteiger charge is 2.42. The summed E-state index contributed by atoms with van der Waals surface area (Å²) in [6.45, 7) is 7.95. The lowest BCUT2D eigenvalue weighted by Crippen LogP contribution is -2.58. The van der Waals surface area contributed by atoms with E-state index in [1.807, 2.05) is 96.8 Å². The molecule has 19 nitrogen and oxygen atoms in total. The van der Waals surface area contributed by atoms with Crippen molar-refractivity contribution in [2.75, 3.05) is 61.6 Å². The number of barbiturate groups is 1. The van der Waals surface area contributed by atoms with Gasteiger partial charge < -0.3 is 33.5 Å². The van der Waals surface area contributed by atoms with Gasteiger partial charge in [-0.25, -0.2) is 26.5 Å². The van der Waals surface area contributed by atoms with E-state index in [1.54, 1.807) is 23.2 Å². The molecule has 4 heterocycles. The monoisotopic (exact) mass is 1130 g/mol. The van der Waals surface area contributed by atoms with Crippen LogP contribution in [0.3, 0.4) is 0 Å². The van der Waals surface area contributed by atoms with Gasteiger partial charge in [0.1, 0.15) is 33.5 Å². The molecule has 406 valence electrons. The van der Waals surface area contributed by atoms with Crippen LogP contribution in [0.4, 0.5) is 16.2 Å². The molecule has 5 amide bonds. The van der Waals surface area contributed by atoms with Gasteiger partial charge in [-0.2, -0.15) is 4.57 Å². The smallest absolute Gasteiger partial charge is 0.334 e. The van der Waals surface area contributed by atoms with Crippen molar-refractivity contribution in [1.29, 1.82) is 0 Å². The number of carbonyl (C=O) groups is 4. The van der Waals surface area contributed by atoms with Crippen LogP contribution in [0.2, 0.25) is 0 Å². The molecule has 3 aliphatic rings. The Hall–Kier alpha value is -7.38. The lowest BCUT2D eigenvalue weighted by molar-refractivity contribution is -0.667. The first-order valence-corrected chi connectivity index (χ1v) is 29.5. The fourth-order valence-electron chi connectivity index (χ4n) is 9.11. The molecule has 0 saturated carbocycles. The molecule has 6 aromatic rings. The highest BCUT2D eigenvalue weighted by atomic mass is 32.2. The number of carbonyl (C=O) groups excluding carboxylic acids is 4. The van der Waals surface area contributed by atoms with E-state index < -0.39 is 66.8 Å². The van der Waals surface area contributed by atoms with Gasteiger partial charge in [0, 0.05) is 36.7 Å². The summed E-state index contributed by atoms with van der Waals surface area (Å²) in [5.41, 5.74) is 3.62. The van der Waals surface area contributed by atoms with Gasteiger partial charge in [0.15, 0.2) is 18.2 Å². The zero-order valence-corrected chi connectivity index (χ0v) is 45.7. The topological polar surface area (TPSA) is 239 Å². The molecule has 0 aliphatic carbocycles. The summed E-state index contributed by atoms with van der Waals surface area (Å²) < 4.78 is 91.3. The van der Waals surface area contributed by atoms with Crippen LogP contribution >= 0.6 is 23.1 Å². The van der Waals surface area contributed by atoms with E-state index in [4.69, 9.17) is 14.2 Å². The van der Waals surface area contributed by atoms with E-state index in [9.17, 15) is 45.1 Å². The van der Waals surface area contributed by atoms with Crippen LogP contribution < -0.4 is 24.4 Å². The Morgan fingerprint density at radius 2 is 1.59 bits per heavy atom. The number of fused-ring (bicyclic) bond motifs is 5. The minimum Gasteiger partial charge on any atom is -0.748 e. The fourth-order valence-corrected chi connectivity index (χ4v) is 12.4. The predicted octanol–water partition coefficient (Wildman–Crippen LogP) is 7.66. The number of anilines is 2. The van der Waals surface area contributed by atoms with E-state index in [0.717, 1.165) is 63.7 Å². The average Bonchev–Trinajstić information content (AvgIpc) is 4.13. The van der Waals surface area contributed by atoms with E-state index in [1.165, 1.54) is 36.0 Å². The Balaban J connectivity index is 0.855. The summed E-state index contributed by atoms with van der Waals surface area (Å²) in [5, 5.41) is 6.26. The number of thioether (sulfide) groups is 1. The molecular formula is C55H53N6O13S4-. The zero-order chi connectivity index (χ0) is 55.3. The summed E-state index contributed by atoms with van der Waals surface area (Å²) >= 11 is 3.06. The molecule has 9 rings (SSSR count). The highest BCUT2D eigenvalue weighted by molar-refractivity contribution is 8.04. The summed E-state index contributed by atoms with van der Waals surface area (Å²) in [4.78, 5) is 59.8. The van der Waals surface area contributed by atoms with Crippen molar-refractivity contribution in [2.45, 2.75) is 49.4 Å². The second-order valence-electron chi connectivity index (χ2n) is 18.0. The number of hydrogen-bond acceptors (Lipinski definition) is 17. The van der Waals surface area contributed by atoms with Crippen LogP contribution in [0.15, 0.2) is 154 Å². The quantitative estimate of drug-likeness (QED) is 0.0171. The maximum atomic E-state index is 13.8. The number of amides is 5. The number of aromatic nitrogens is 1. The maximum absolute atomic E-state index is 13.8. The summed E-state index contributed by atoms with van der Waals surface area (Å²) in [6, 6.07) is 30.8. The Morgan fingerprint density at radius 3 is 2.35 bits per heavy atom. The van der Waals surface area contributed by atoms with Gasteiger partial charge >= 0.3 is 6.03 Å². The first-order chi connectivity index (χ1) is 37.4. The van der Waals surface area contributed by atoms with E-state index in [2.05, 4.69) is 22.5 Å². The van der Waals surface area contributed by atoms with Crippen LogP contribution in [0.25, 0.3) is 38.2 Å². The van der Waals surface area contributed by atoms with Crippen LogP contribution in [0, 0.1) is 0 Å². The molecule has 1 N–H and O–H groups in total. The van der Waals surface area contributed by atoms with Gasteiger partial charge in [0.2, 0.25) is 17.3 Å². The lowest BCUT2D eigenvalue weighted by atomic mass is 10.1. The third kappa shape index (κ3) is 12.2. The van der Waals surface area contributed by atoms with Crippen molar-refractivity contribution in [1.82, 2.24) is 15.1 Å². The van der Waals surface area contributed by atoms with E-state index in [-0.39, 0.29) is 69.7 Å². The number of aryl methyl sites for hydroxylation is 1. The first-order valence-electron chi connectivity index (χ1n) is 24.9. The second kappa shape index (κ2) is 23.7. The molecule has 1 fully saturated rings. The van der Waals surface area contributed by atoms with Crippen molar-refractivity contribution in [3.8, 4) is 16.9 Å². The highest BCUT2D eigenvalue weighted by Crippen LogP contribution is 2.50. The van der Waals surface area contributed by atoms with Gasteiger partial charge in [0.05, 0.1) is 56.1 Å². The van der Waals surface area contributed by atoms with Crippen LogP contribution in [-0.4, -0.2) is 111 Å². The Morgan fingerprint density at radius 1 is 0.821 bits per heavy atom. The Labute approximate surface area is 459 Å². The van der Waals surface area contributed by atoms with Crippen molar-refractivity contribution in [3.05, 3.63) is 149 Å². The molecule has 0 atom stereocenters. The Kier molecular flexibility index (Phi) is 16.8. The van der Waals surface area contributed by atoms with Gasteiger partial charge in [-0.05, 0) is 91.1 Å². The van der Waals surface area contributed by atoms with Crippen molar-refractivity contribution < 1.29 is 63.9 Å². The third-order valence-electron chi connectivity index (χ3n) is 12.8. The SMILES string of the molecule is C=C(OCCOCCNC(=O)CN1C(=O)C(=CC=C2Oc3ccc(S(=O)(=O)[O-])cc3N2CC)C(=O)N(CCCC)C1=O)N1C(=Cc2sc3ccc4ccccc4c3[n+]2CCCS(=O)(=O)[O-])Sc2ccc(-c3ccccc3)cc21. The molecule has 78 heavy (non-hydrogen) atoms. The normalized spacial score (nSPS) is 16.3. The molecule has 0 bridgehead atoms. The largest absolute Gasteiger partial charge is 0.748 e. The van der Waals surface area contributed by atoms with Gasteiger partial charge in [0.25, 0.3) is 16.8 Å². The number of allylic oxidation sites excluding steroid dienone is 2. The van der Waals surface area contributed by atoms with E-state index in [0.29, 0.717) is 23.6 Å². The number of nitrogens with one attached hydrogen (secondary N) is 1. The molecular weight excluding hydrogens is 1080 g/mol. The number of nitrogens with zero attached hydrogens (tertiary/aromatic N) is 5. The number of urea groups is 1. The molecule has 23 heteroatoms. The lowest BCUT2D eigenvalue weighted by Gasteiger charge is -2.33. The van der Waals surface area contributed by atoms with Gasteiger partial charge in [-0.3, -0.25) is 24.2 Å². The number of benzene rings is 5. The Bertz CT molecular complexity index is 3690. The molecule has 3 aliphatic heterocycles. The zero-order valence-electron chi connectivity index (χ0n) is 42.4. The van der Waals surface area contributed by atoms with Crippen LogP contribution in [0.5, 0.6) is 5.75 Å². The van der Waals surface area contributed by atoms with Gasteiger partial charge in [-0.1, -0.05) is 97.1 Å². The number of rotatable bonds is 22. The standard InChI is InChI=1S/C55H54N6O13S4/c1-4-6-26-59-53(63)42(20-24-49-57(5-2)43-33-40(78(69,70)71)19-21-45(43)74-49)54(64)60(55(59)65)35-48(62)56-25-28-72-29-30-73-36(3)61-44-32-39(37-13-8-7-9-14-37)18-22-46(44)75-51(61)34-50-58(27-12-31-77(66,67)68)52-41-16-11-10-15-38(41)17-23-47(52)76-50/h7-11,13-24,32-34H,3-6,12,25-31,35H2,1-2H3,(H2-,56,62,66,67,68,69,70,71)/p-1. The minimum atomic E-state index is -4.77. The van der Waals surface area contributed by atoms with Crippen molar-refractivity contribution >= 4 is 106 Å². The summed E-state index contributed by atoms with van der Waals surface area (Å²) in [6.07, 6.45) is 5.71. The summed E-state index contributed by atoms with van der Waals surface area (Å²) in [7, 11) is -9.22. The average molecular weight is 1130 g/mol. The number of thiazole rings is 1. The van der Waals surface area contributed by atoms with Crippen molar-refractivity contribution in [2.24, 2.45) is 0 Å². The molecule has 0 radical (unpaired) electrons.